The second-order valence-corrected chi connectivity index (χ2v) is 6.41. The minimum absolute atomic E-state index is 0.0198. The van der Waals surface area contributed by atoms with Gasteiger partial charge in [0.05, 0.1) is 5.60 Å². The van der Waals surface area contributed by atoms with Crippen LogP contribution >= 0.6 is 0 Å². The SMILES string of the molecule is C=CN1CC=C(B2CC(C)(C)C(C)(C)O2)CC1. The first-order valence-corrected chi connectivity index (χ1v) is 6.59. The van der Waals surface area contributed by atoms with Crippen LogP contribution in [0.4, 0.5) is 0 Å². The predicted molar refractivity (Wildman–Crippen MR) is 74.0 cm³/mol. The molecule has 0 aromatic carbocycles. The molecule has 3 heteroatoms. The zero-order valence-electron chi connectivity index (χ0n) is 11.6. The molecule has 0 aliphatic carbocycles. The molecule has 94 valence electrons. The van der Waals surface area contributed by atoms with Gasteiger partial charge in [-0.1, -0.05) is 32.0 Å². The average Bonchev–Trinajstić information content (AvgIpc) is 2.48. The lowest BCUT2D eigenvalue weighted by atomic mass is 9.52. The minimum atomic E-state index is -0.0198. The van der Waals surface area contributed by atoms with Crippen LogP contribution in [0.25, 0.3) is 0 Å². The van der Waals surface area contributed by atoms with Gasteiger partial charge < -0.3 is 9.55 Å². The van der Waals surface area contributed by atoms with Crippen molar-refractivity contribution in [3.63, 3.8) is 0 Å². The maximum Gasteiger partial charge on any atom is 0.323 e. The zero-order chi connectivity index (χ0) is 12.7. The fourth-order valence-electron chi connectivity index (χ4n) is 2.63. The molecule has 0 aromatic heterocycles. The lowest BCUT2D eigenvalue weighted by Crippen LogP contribution is -2.35. The van der Waals surface area contributed by atoms with E-state index in [4.69, 9.17) is 4.65 Å². The van der Waals surface area contributed by atoms with Crippen LogP contribution < -0.4 is 0 Å². The van der Waals surface area contributed by atoms with Gasteiger partial charge in [-0.25, -0.2) is 0 Å². The average molecular weight is 233 g/mol. The van der Waals surface area contributed by atoms with Gasteiger partial charge in [0.15, 0.2) is 0 Å². The molecule has 2 nitrogen and oxygen atoms in total. The van der Waals surface area contributed by atoms with Gasteiger partial charge in [0.1, 0.15) is 0 Å². The van der Waals surface area contributed by atoms with Gasteiger partial charge in [-0.15, -0.1) is 0 Å². The Kier molecular flexibility index (Phi) is 3.15. The number of rotatable bonds is 2. The summed E-state index contributed by atoms with van der Waals surface area (Å²) in [5.74, 6) is 0. The van der Waals surface area contributed by atoms with Gasteiger partial charge in [-0.3, -0.25) is 0 Å². The molecule has 2 rings (SSSR count). The summed E-state index contributed by atoms with van der Waals surface area (Å²) in [6.45, 7) is 15.3. The van der Waals surface area contributed by atoms with E-state index in [-0.39, 0.29) is 11.0 Å². The highest BCUT2D eigenvalue weighted by Gasteiger charge is 2.50. The maximum absolute atomic E-state index is 6.26. The van der Waals surface area contributed by atoms with Crippen molar-refractivity contribution in [3.8, 4) is 0 Å². The van der Waals surface area contributed by atoms with Crippen LogP contribution in [0.3, 0.4) is 0 Å². The Morgan fingerprint density at radius 1 is 1.41 bits per heavy atom. The van der Waals surface area contributed by atoms with Crippen LogP contribution in [0.1, 0.15) is 34.1 Å². The van der Waals surface area contributed by atoms with Crippen LogP contribution in [0.2, 0.25) is 6.32 Å². The lowest BCUT2D eigenvalue weighted by Gasteiger charge is -2.34. The smallest absolute Gasteiger partial charge is 0.323 e. The van der Waals surface area contributed by atoms with Crippen LogP contribution in [-0.4, -0.2) is 30.5 Å². The van der Waals surface area contributed by atoms with Gasteiger partial charge in [-0.2, -0.15) is 0 Å². The molecule has 0 saturated carbocycles. The maximum atomic E-state index is 6.26. The van der Waals surface area contributed by atoms with Crippen molar-refractivity contribution in [1.82, 2.24) is 4.90 Å². The molecule has 2 heterocycles. The molecule has 0 unspecified atom stereocenters. The quantitative estimate of drug-likeness (QED) is 0.679. The topological polar surface area (TPSA) is 12.5 Å². The van der Waals surface area contributed by atoms with Crippen molar-refractivity contribution in [3.05, 3.63) is 24.3 Å². The number of nitrogens with zero attached hydrogens (tertiary/aromatic N) is 1. The van der Waals surface area contributed by atoms with Crippen LogP contribution in [0.5, 0.6) is 0 Å². The van der Waals surface area contributed by atoms with Gasteiger partial charge in [-0.05, 0) is 38.2 Å². The normalized spacial score (nSPS) is 26.9. The van der Waals surface area contributed by atoms with Gasteiger partial charge >= 0.3 is 6.92 Å². The summed E-state index contributed by atoms with van der Waals surface area (Å²) in [7, 11) is 0. The second kappa shape index (κ2) is 4.20. The summed E-state index contributed by atoms with van der Waals surface area (Å²) in [5, 5.41) is 0. The molecular formula is C14H24BNO. The Labute approximate surface area is 106 Å². The van der Waals surface area contributed by atoms with E-state index in [0.717, 1.165) is 25.8 Å². The molecule has 0 aromatic rings. The van der Waals surface area contributed by atoms with Gasteiger partial charge in [0.2, 0.25) is 0 Å². The molecule has 2 aliphatic rings. The van der Waals surface area contributed by atoms with Crippen LogP contribution in [-0.2, 0) is 4.65 Å². The minimum Gasteiger partial charge on any atom is -0.426 e. The molecule has 0 bridgehead atoms. The summed E-state index contributed by atoms with van der Waals surface area (Å²) in [6, 6.07) is 0. The monoisotopic (exact) mass is 233 g/mol. The van der Waals surface area contributed by atoms with Gasteiger partial charge in [0.25, 0.3) is 0 Å². The summed E-state index contributed by atoms with van der Waals surface area (Å²) in [4.78, 5) is 2.24. The Hall–Kier alpha value is -0.695. The summed E-state index contributed by atoms with van der Waals surface area (Å²) < 4.78 is 6.26. The molecule has 1 fully saturated rings. The van der Waals surface area contributed by atoms with E-state index in [1.165, 1.54) is 5.47 Å². The molecule has 0 amide bonds. The summed E-state index contributed by atoms with van der Waals surface area (Å²) in [6.07, 6.45) is 6.51. The van der Waals surface area contributed by atoms with E-state index in [9.17, 15) is 0 Å². The largest absolute Gasteiger partial charge is 0.426 e. The molecule has 0 atom stereocenters. The van der Waals surface area contributed by atoms with Crippen molar-refractivity contribution in [2.24, 2.45) is 5.41 Å². The fourth-order valence-corrected chi connectivity index (χ4v) is 2.63. The molecule has 17 heavy (non-hydrogen) atoms. The molecule has 0 radical (unpaired) electrons. The molecule has 2 aliphatic heterocycles. The van der Waals surface area contributed by atoms with E-state index in [1.54, 1.807) is 0 Å². The van der Waals surface area contributed by atoms with Crippen molar-refractivity contribution >= 4 is 6.92 Å². The second-order valence-electron chi connectivity index (χ2n) is 6.41. The van der Waals surface area contributed by atoms with E-state index >= 15 is 0 Å². The first-order chi connectivity index (χ1) is 7.86. The predicted octanol–water partition coefficient (Wildman–Crippen LogP) is 3.13. The fraction of sp³-hybridized carbons (Fsp3) is 0.714. The third-order valence-electron chi connectivity index (χ3n) is 4.71. The Balaban J connectivity index is 2.07. The highest BCUT2D eigenvalue weighted by atomic mass is 16.5. The number of hydrogen-bond acceptors (Lipinski definition) is 2. The highest BCUT2D eigenvalue weighted by Crippen LogP contribution is 2.47. The van der Waals surface area contributed by atoms with Crippen molar-refractivity contribution in [2.45, 2.75) is 46.0 Å². The lowest BCUT2D eigenvalue weighted by molar-refractivity contribution is 0.0369. The standard InChI is InChI=1S/C14H24BNO/c1-6-16-9-7-12(8-10-16)15-11-13(2,3)14(4,5)17-15/h6-7H,1,8-11H2,2-5H3. The first-order valence-electron chi connectivity index (χ1n) is 6.59. The number of hydrogen-bond donors (Lipinski definition) is 0. The van der Waals surface area contributed by atoms with E-state index in [0.29, 0.717) is 6.92 Å². The summed E-state index contributed by atoms with van der Waals surface area (Å²) in [5.41, 5.74) is 1.73. The van der Waals surface area contributed by atoms with Crippen molar-refractivity contribution in [1.29, 1.82) is 0 Å². The van der Waals surface area contributed by atoms with Gasteiger partial charge in [0, 0.05) is 13.1 Å². The molecule has 1 saturated heterocycles. The van der Waals surface area contributed by atoms with E-state index in [1.807, 2.05) is 6.20 Å². The summed E-state index contributed by atoms with van der Waals surface area (Å²) >= 11 is 0. The van der Waals surface area contributed by atoms with Crippen molar-refractivity contribution < 1.29 is 4.65 Å². The Morgan fingerprint density at radius 2 is 2.12 bits per heavy atom. The van der Waals surface area contributed by atoms with E-state index in [2.05, 4.69) is 45.2 Å². The zero-order valence-corrected chi connectivity index (χ0v) is 11.6. The molecule has 0 N–H and O–H groups in total. The van der Waals surface area contributed by atoms with Crippen molar-refractivity contribution in [2.75, 3.05) is 13.1 Å². The van der Waals surface area contributed by atoms with Crippen LogP contribution in [0, 0.1) is 5.41 Å². The third-order valence-corrected chi connectivity index (χ3v) is 4.71. The van der Waals surface area contributed by atoms with Crippen LogP contribution in [0.15, 0.2) is 24.3 Å². The van der Waals surface area contributed by atoms with E-state index < -0.39 is 0 Å². The Morgan fingerprint density at radius 3 is 2.53 bits per heavy atom. The highest BCUT2D eigenvalue weighted by molar-refractivity contribution is 6.61. The molecular weight excluding hydrogens is 209 g/mol. The Bertz CT molecular complexity index is 330. The first kappa shape index (κ1) is 12.8. The molecule has 0 spiro atoms. The third kappa shape index (κ3) is 2.30.